The monoisotopic (exact) mass is 340 g/mol. The van der Waals surface area contributed by atoms with Crippen molar-refractivity contribution in [3.8, 4) is 0 Å². The summed E-state index contributed by atoms with van der Waals surface area (Å²) < 4.78 is 6.93. The van der Waals surface area contributed by atoms with Crippen molar-refractivity contribution in [1.82, 2.24) is 0 Å². The zero-order chi connectivity index (χ0) is 14.8. The third kappa shape index (κ3) is 3.96. The molecular formula is C16H25BrN2O. The van der Waals surface area contributed by atoms with Gasteiger partial charge in [-0.15, -0.1) is 0 Å². The van der Waals surface area contributed by atoms with Crippen molar-refractivity contribution in [1.29, 1.82) is 0 Å². The molecule has 2 rings (SSSR count). The zero-order valence-corrected chi connectivity index (χ0v) is 14.2. The van der Waals surface area contributed by atoms with Gasteiger partial charge in [-0.1, -0.05) is 28.9 Å². The van der Waals surface area contributed by atoms with Crippen LogP contribution in [0.4, 0.5) is 5.69 Å². The van der Waals surface area contributed by atoms with Gasteiger partial charge < -0.3 is 15.4 Å². The number of ether oxygens (including phenoxy) is 1. The van der Waals surface area contributed by atoms with Gasteiger partial charge in [0.1, 0.15) is 0 Å². The Morgan fingerprint density at radius 2 is 2.20 bits per heavy atom. The van der Waals surface area contributed by atoms with Gasteiger partial charge in [0, 0.05) is 29.3 Å². The molecule has 2 N–H and O–H groups in total. The van der Waals surface area contributed by atoms with Gasteiger partial charge in [-0.3, -0.25) is 0 Å². The van der Waals surface area contributed by atoms with Crippen molar-refractivity contribution in [3.05, 3.63) is 28.2 Å². The highest BCUT2D eigenvalue weighted by molar-refractivity contribution is 9.10. The molecule has 0 spiro atoms. The number of nitrogens with zero attached hydrogens (tertiary/aromatic N) is 1. The van der Waals surface area contributed by atoms with Crippen LogP contribution in [0.15, 0.2) is 22.7 Å². The number of hydrogen-bond donors (Lipinski definition) is 1. The van der Waals surface area contributed by atoms with Gasteiger partial charge in [0.25, 0.3) is 0 Å². The SMILES string of the molecule is CCC(N)Cc1ccc(Br)cc1N1CCOC(C)(C)C1. The van der Waals surface area contributed by atoms with Gasteiger partial charge in [0.15, 0.2) is 0 Å². The molecule has 1 atom stereocenters. The smallest absolute Gasteiger partial charge is 0.0801 e. The molecule has 0 radical (unpaired) electrons. The molecule has 0 saturated carbocycles. The quantitative estimate of drug-likeness (QED) is 0.913. The minimum absolute atomic E-state index is 0.0925. The summed E-state index contributed by atoms with van der Waals surface area (Å²) in [7, 11) is 0. The van der Waals surface area contributed by atoms with E-state index in [4.69, 9.17) is 10.5 Å². The number of rotatable bonds is 4. The van der Waals surface area contributed by atoms with E-state index in [1.54, 1.807) is 0 Å². The highest BCUT2D eigenvalue weighted by Gasteiger charge is 2.28. The standard InChI is InChI=1S/C16H25BrN2O/c1-4-14(18)9-12-5-6-13(17)10-15(12)19-7-8-20-16(2,3)11-19/h5-6,10,14H,4,7-9,11,18H2,1-3H3. The first-order chi connectivity index (χ1) is 9.41. The van der Waals surface area contributed by atoms with Crippen LogP contribution in [0, 0.1) is 0 Å². The first-order valence-corrected chi connectivity index (χ1v) is 8.13. The van der Waals surface area contributed by atoms with Crippen LogP contribution in [-0.4, -0.2) is 31.3 Å². The number of morpholine rings is 1. The topological polar surface area (TPSA) is 38.5 Å². The molecule has 20 heavy (non-hydrogen) atoms. The van der Waals surface area contributed by atoms with Gasteiger partial charge in [-0.2, -0.15) is 0 Å². The third-order valence-electron chi connectivity index (χ3n) is 3.82. The Labute approximate surface area is 130 Å². The molecular weight excluding hydrogens is 316 g/mol. The predicted octanol–water partition coefficient (Wildman–Crippen LogP) is 3.34. The van der Waals surface area contributed by atoms with Crippen molar-refractivity contribution < 1.29 is 4.74 Å². The maximum absolute atomic E-state index is 6.14. The van der Waals surface area contributed by atoms with Gasteiger partial charge in [-0.05, 0) is 44.4 Å². The van der Waals surface area contributed by atoms with Gasteiger partial charge in [0.05, 0.1) is 12.2 Å². The number of benzene rings is 1. The van der Waals surface area contributed by atoms with Crippen LogP contribution < -0.4 is 10.6 Å². The molecule has 3 nitrogen and oxygen atoms in total. The molecule has 1 fully saturated rings. The van der Waals surface area contributed by atoms with Gasteiger partial charge in [0.2, 0.25) is 0 Å². The lowest BCUT2D eigenvalue weighted by molar-refractivity contribution is -0.0277. The van der Waals surface area contributed by atoms with Gasteiger partial charge in [-0.25, -0.2) is 0 Å². The summed E-state index contributed by atoms with van der Waals surface area (Å²) in [6, 6.07) is 6.73. The molecule has 0 aliphatic carbocycles. The van der Waals surface area contributed by atoms with Crippen LogP contribution in [-0.2, 0) is 11.2 Å². The Morgan fingerprint density at radius 3 is 2.85 bits per heavy atom. The average molecular weight is 341 g/mol. The second-order valence-corrected chi connectivity index (χ2v) is 7.09. The van der Waals surface area contributed by atoms with E-state index in [1.807, 2.05) is 0 Å². The van der Waals surface area contributed by atoms with Crippen molar-refractivity contribution >= 4 is 21.6 Å². The Hall–Kier alpha value is -0.580. The van der Waals surface area contributed by atoms with E-state index in [0.717, 1.165) is 37.0 Å². The molecule has 1 aliphatic heterocycles. The Kier molecular flexibility index (Phi) is 5.10. The summed E-state index contributed by atoms with van der Waals surface area (Å²) in [6.07, 6.45) is 1.93. The largest absolute Gasteiger partial charge is 0.372 e. The predicted molar refractivity (Wildman–Crippen MR) is 88.4 cm³/mol. The molecule has 1 aromatic carbocycles. The fraction of sp³-hybridized carbons (Fsp3) is 0.625. The Balaban J connectivity index is 2.26. The second-order valence-electron chi connectivity index (χ2n) is 6.18. The van der Waals surface area contributed by atoms with Crippen molar-refractivity contribution in [2.45, 2.75) is 45.3 Å². The minimum atomic E-state index is -0.0925. The molecule has 1 unspecified atom stereocenters. The summed E-state index contributed by atoms with van der Waals surface area (Å²) in [5.74, 6) is 0. The van der Waals surface area contributed by atoms with E-state index in [9.17, 15) is 0 Å². The number of anilines is 1. The Bertz CT molecular complexity index is 462. The lowest BCUT2D eigenvalue weighted by Crippen LogP contribution is -2.48. The van der Waals surface area contributed by atoms with E-state index in [0.29, 0.717) is 0 Å². The van der Waals surface area contributed by atoms with Crippen molar-refractivity contribution in [2.24, 2.45) is 5.73 Å². The zero-order valence-electron chi connectivity index (χ0n) is 12.7. The third-order valence-corrected chi connectivity index (χ3v) is 4.31. The molecule has 0 amide bonds. The molecule has 1 aliphatic rings. The minimum Gasteiger partial charge on any atom is -0.372 e. The van der Waals surface area contributed by atoms with E-state index in [2.05, 4.69) is 59.8 Å². The highest BCUT2D eigenvalue weighted by atomic mass is 79.9. The Morgan fingerprint density at radius 1 is 1.45 bits per heavy atom. The highest BCUT2D eigenvalue weighted by Crippen LogP contribution is 2.30. The summed E-state index contributed by atoms with van der Waals surface area (Å²) in [5.41, 5.74) is 8.67. The number of nitrogens with two attached hydrogens (primary N) is 1. The van der Waals surface area contributed by atoms with Crippen LogP contribution >= 0.6 is 15.9 Å². The molecule has 1 saturated heterocycles. The molecule has 112 valence electrons. The molecule has 1 heterocycles. The van der Waals surface area contributed by atoms with Crippen LogP contribution in [0.25, 0.3) is 0 Å². The maximum atomic E-state index is 6.14. The van der Waals surface area contributed by atoms with E-state index in [1.165, 1.54) is 11.3 Å². The summed E-state index contributed by atoms with van der Waals surface area (Å²) in [6.45, 7) is 9.06. The molecule has 0 aromatic heterocycles. The second kappa shape index (κ2) is 6.46. The average Bonchev–Trinajstić information content (AvgIpc) is 2.39. The van der Waals surface area contributed by atoms with Crippen LogP contribution in [0.2, 0.25) is 0 Å². The fourth-order valence-corrected chi connectivity index (χ4v) is 3.00. The van der Waals surface area contributed by atoms with Crippen LogP contribution in [0.1, 0.15) is 32.8 Å². The lowest BCUT2D eigenvalue weighted by atomic mass is 10.0. The lowest BCUT2D eigenvalue weighted by Gasteiger charge is -2.40. The number of hydrogen-bond acceptors (Lipinski definition) is 3. The molecule has 0 bridgehead atoms. The maximum Gasteiger partial charge on any atom is 0.0801 e. The van der Waals surface area contributed by atoms with Crippen LogP contribution in [0.5, 0.6) is 0 Å². The molecule has 1 aromatic rings. The van der Waals surface area contributed by atoms with E-state index >= 15 is 0 Å². The summed E-state index contributed by atoms with van der Waals surface area (Å²) >= 11 is 3.59. The summed E-state index contributed by atoms with van der Waals surface area (Å²) in [5, 5.41) is 0. The normalized spacial score (nSPS) is 19.9. The van der Waals surface area contributed by atoms with Crippen LogP contribution in [0.3, 0.4) is 0 Å². The van der Waals surface area contributed by atoms with E-state index in [-0.39, 0.29) is 11.6 Å². The summed E-state index contributed by atoms with van der Waals surface area (Å²) in [4.78, 5) is 2.42. The van der Waals surface area contributed by atoms with Gasteiger partial charge >= 0.3 is 0 Å². The van der Waals surface area contributed by atoms with Crippen molar-refractivity contribution in [2.75, 3.05) is 24.6 Å². The number of halogens is 1. The first-order valence-electron chi connectivity index (χ1n) is 7.34. The first kappa shape index (κ1) is 15.8. The van der Waals surface area contributed by atoms with Crippen molar-refractivity contribution in [3.63, 3.8) is 0 Å². The van der Waals surface area contributed by atoms with E-state index < -0.39 is 0 Å². The molecule has 4 heteroatoms. The fourth-order valence-electron chi connectivity index (χ4n) is 2.65.